The molecular formula is C11H7BrCl2FN3O2S. The first-order valence-corrected chi connectivity index (χ1v) is 8.32. The van der Waals surface area contributed by atoms with Crippen molar-refractivity contribution < 1.29 is 12.8 Å². The molecule has 0 fully saturated rings. The molecule has 2 rings (SSSR count). The summed E-state index contributed by atoms with van der Waals surface area (Å²) in [6.07, 6.45) is 1.23. The van der Waals surface area contributed by atoms with Crippen LogP contribution in [0.15, 0.2) is 33.8 Å². The number of hydrogen-bond donors (Lipinski definition) is 2. The lowest BCUT2D eigenvalue weighted by Gasteiger charge is -2.11. The number of anilines is 2. The van der Waals surface area contributed by atoms with Gasteiger partial charge < -0.3 is 5.73 Å². The van der Waals surface area contributed by atoms with Crippen molar-refractivity contribution in [2.75, 3.05) is 10.5 Å². The van der Waals surface area contributed by atoms with E-state index in [2.05, 4.69) is 25.6 Å². The quantitative estimate of drug-likeness (QED) is 0.592. The second kappa shape index (κ2) is 5.96. The van der Waals surface area contributed by atoms with Crippen LogP contribution in [0.3, 0.4) is 0 Å². The molecule has 0 atom stereocenters. The predicted octanol–water partition coefficient (Wildman–Crippen LogP) is 3.67. The maximum atomic E-state index is 13.2. The molecule has 1 aromatic heterocycles. The smallest absolute Gasteiger partial charge is 0.263 e. The van der Waals surface area contributed by atoms with E-state index >= 15 is 0 Å². The van der Waals surface area contributed by atoms with E-state index in [-0.39, 0.29) is 26.4 Å². The number of sulfonamides is 1. The molecule has 0 spiro atoms. The lowest BCUT2D eigenvalue weighted by Crippen LogP contribution is -2.14. The standard InChI is InChI=1S/C11H7BrCl2FN3O2S/c12-6-1-5(4-17-11(6)14)18-21(19,20)10-3-9(16)8(15)2-7(10)13/h1-4,18H,16H2. The molecule has 21 heavy (non-hydrogen) atoms. The highest BCUT2D eigenvalue weighted by Crippen LogP contribution is 2.29. The van der Waals surface area contributed by atoms with E-state index in [0.29, 0.717) is 4.47 Å². The highest BCUT2D eigenvalue weighted by Gasteiger charge is 2.20. The van der Waals surface area contributed by atoms with Crippen molar-refractivity contribution in [1.82, 2.24) is 4.98 Å². The van der Waals surface area contributed by atoms with E-state index in [0.717, 1.165) is 12.1 Å². The van der Waals surface area contributed by atoms with Gasteiger partial charge in [-0.05, 0) is 34.1 Å². The van der Waals surface area contributed by atoms with Crippen molar-refractivity contribution in [3.8, 4) is 0 Å². The van der Waals surface area contributed by atoms with Crippen LogP contribution in [0.1, 0.15) is 0 Å². The van der Waals surface area contributed by atoms with Gasteiger partial charge in [0.05, 0.1) is 27.1 Å². The Balaban J connectivity index is 2.43. The zero-order valence-corrected chi connectivity index (χ0v) is 14.0. The first kappa shape index (κ1) is 16.3. The molecule has 2 aromatic rings. The highest BCUT2D eigenvalue weighted by molar-refractivity contribution is 9.10. The fourth-order valence-electron chi connectivity index (χ4n) is 1.44. The van der Waals surface area contributed by atoms with Gasteiger partial charge in [0, 0.05) is 0 Å². The number of nitrogens with one attached hydrogen (secondary N) is 1. The summed E-state index contributed by atoms with van der Waals surface area (Å²) in [5.74, 6) is -0.796. The monoisotopic (exact) mass is 413 g/mol. The van der Waals surface area contributed by atoms with Crippen LogP contribution in [0.25, 0.3) is 0 Å². The topological polar surface area (TPSA) is 85.1 Å². The third-order valence-electron chi connectivity index (χ3n) is 2.39. The van der Waals surface area contributed by atoms with Gasteiger partial charge in [0.25, 0.3) is 10.0 Å². The molecular weight excluding hydrogens is 408 g/mol. The predicted molar refractivity (Wildman–Crippen MR) is 83.6 cm³/mol. The molecule has 112 valence electrons. The number of nitrogens with two attached hydrogens (primary N) is 1. The Labute approximate surface area is 138 Å². The highest BCUT2D eigenvalue weighted by atomic mass is 79.9. The van der Waals surface area contributed by atoms with Gasteiger partial charge in [-0.3, -0.25) is 4.72 Å². The summed E-state index contributed by atoms with van der Waals surface area (Å²) in [4.78, 5) is 3.45. The summed E-state index contributed by atoms with van der Waals surface area (Å²) in [5, 5.41) is -0.0998. The normalized spacial score (nSPS) is 11.4. The maximum absolute atomic E-state index is 13.2. The minimum atomic E-state index is -4.05. The molecule has 0 unspecified atom stereocenters. The Morgan fingerprint density at radius 3 is 2.57 bits per heavy atom. The van der Waals surface area contributed by atoms with Crippen LogP contribution in [-0.2, 0) is 10.0 Å². The minimum absolute atomic E-state index is 0.158. The summed E-state index contributed by atoms with van der Waals surface area (Å²) < 4.78 is 40.3. The van der Waals surface area contributed by atoms with Gasteiger partial charge in [-0.15, -0.1) is 0 Å². The molecule has 1 aromatic carbocycles. The summed E-state index contributed by atoms with van der Waals surface area (Å²) in [6.45, 7) is 0. The molecule has 0 saturated heterocycles. The van der Waals surface area contributed by atoms with Crippen LogP contribution in [-0.4, -0.2) is 13.4 Å². The Morgan fingerprint density at radius 1 is 1.29 bits per heavy atom. The van der Waals surface area contributed by atoms with Crippen molar-refractivity contribution >= 4 is 60.5 Å². The number of rotatable bonds is 3. The van der Waals surface area contributed by atoms with Gasteiger partial charge in [-0.2, -0.15) is 0 Å². The second-order valence-corrected chi connectivity index (χ2v) is 7.18. The average molecular weight is 415 g/mol. The molecule has 0 bridgehead atoms. The lowest BCUT2D eigenvalue weighted by atomic mass is 10.3. The van der Waals surface area contributed by atoms with E-state index in [1.807, 2.05) is 0 Å². The van der Waals surface area contributed by atoms with Gasteiger partial charge in [0.15, 0.2) is 0 Å². The molecule has 0 amide bonds. The second-order valence-electron chi connectivity index (χ2n) is 3.91. The van der Waals surface area contributed by atoms with Crippen LogP contribution in [0, 0.1) is 5.82 Å². The van der Waals surface area contributed by atoms with Crippen LogP contribution in [0.2, 0.25) is 10.2 Å². The first-order chi connectivity index (χ1) is 9.70. The van der Waals surface area contributed by atoms with Crippen LogP contribution in [0.5, 0.6) is 0 Å². The van der Waals surface area contributed by atoms with Crippen molar-refractivity contribution in [2.24, 2.45) is 0 Å². The molecule has 10 heteroatoms. The number of nitrogens with zero attached hydrogens (tertiary/aromatic N) is 1. The van der Waals surface area contributed by atoms with Crippen molar-refractivity contribution in [1.29, 1.82) is 0 Å². The summed E-state index contributed by atoms with van der Waals surface area (Å²) in [5.41, 5.74) is 5.19. The van der Waals surface area contributed by atoms with Crippen molar-refractivity contribution in [3.63, 3.8) is 0 Å². The average Bonchev–Trinajstić information content (AvgIpc) is 2.37. The fraction of sp³-hybridized carbons (Fsp3) is 0. The number of pyridine rings is 1. The molecule has 0 aliphatic rings. The molecule has 0 radical (unpaired) electrons. The third-order valence-corrected chi connectivity index (χ3v) is 5.37. The van der Waals surface area contributed by atoms with Crippen LogP contribution >= 0.6 is 39.1 Å². The first-order valence-electron chi connectivity index (χ1n) is 5.29. The van der Waals surface area contributed by atoms with Crippen molar-refractivity contribution in [3.05, 3.63) is 44.9 Å². The third kappa shape index (κ3) is 3.57. The van der Waals surface area contributed by atoms with Gasteiger partial charge in [0.2, 0.25) is 0 Å². The van der Waals surface area contributed by atoms with Gasteiger partial charge in [-0.1, -0.05) is 23.2 Å². The summed E-state index contributed by atoms with van der Waals surface area (Å²) >= 11 is 14.6. The summed E-state index contributed by atoms with van der Waals surface area (Å²) in [7, 11) is -4.05. The number of hydrogen-bond acceptors (Lipinski definition) is 4. The van der Waals surface area contributed by atoms with E-state index in [1.54, 1.807) is 0 Å². The Bertz CT molecular complexity index is 817. The van der Waals surface area contributed by atoms with E-state index < -0.39 is 15.8 Å². The number of halogens is 4. The molecule has 0 aliphatic carbocycles. The molecule has 1 heterocycles. The molecule has 0 saturated carbocycles. The molecule has 5 nitrogen and oxygen atoms in total. The Kier molecular flexibility index (Phi) is 4.62. The van der Waals surface area contributed by atoms with Gasteiger partial charge in [-0.25, -0.2) is 17.8 Å². The van der Waals surface area contributed by atoms with E-state index in [1.165, 1.54) is 12.3 Å². The van der Waals surface area contributed by atoms with Crippen LogP contribution < -0.4 is 10.5 Å². The Hall–Kier alpha value is -1.09. The number of nitrogen functional groups attached to an aromatic ring is 1. The van der Waals surface area contributed by atoms with Gasteiger partial charge >= 0.3 is 0 Å². The zero-order valence-electron chi connectivity index (χ0n) is 10.1. The molecule has 3 N–H and O–H groups in total. The van der Waals surface area contributed by atoms with E-state index in [4.69, 9.17) is 28.9 Å². The Morgan fingerprint density at radius 2 is 1.95 bits per heavy atom. The zero-order chi connectivity index (χ0) is 15.8. The van der Waals surface area contributed by atoms with Gasteiger partial charge in [0.1, 0.15) is 15.9 Å². The minimum Gasteiger partial charge on any atom is -0.396 e. The summed E-state index contributed by atoms with van der Waals surface area (Å²) in [6, 6.07) is 3.20. The largest absolute Gasteiger partial charge is 0.396 e. The van der Waals surface area contributed by atoms with Crippen LogP contribution in [0.4, 0.5) is 15.8 Å². The SMILES string of the molecule is Nc1cc(S(=O)(=O)Nc2cnc(Cl)c(Br)c2)c(Cl)cc1F. The van der Waals surface area contributed by atoms with E-state index in [9.17, 15) is 12.8 Å². The lowest BCUT2D eigenvalue weighted by molar-refractivity contribution is 0.600. The number of aromatic nitrogens is 1. The fourth-order valence-corrected chi connectivity index (χ4v) is 3.48. The maximum Gasteiger partial charge on any atom is 0.263 e. The number of benzene rings is 1. The van der Waals surface area contributed by atoms with Crippen molar-refractivity contribution in [2.45, 2.75) is 4.90 Å². The molecule has 0 aliphatic heterocycles.